The number of aromatic nitrogens is 3. The Labute approximate surface area is 157 Å². The van der Waals surface area contributed by atoms with Gasteiger partial charge in [0.05, 0.1) is 10.0 Å². The third kappa shape index (κ3) is 5.28. The molecular weight excluding hydrogens is 363 g/mol. The van der Waals surface area contributed by atoms with E-state index in [2.05, 4.69) is 15.0 Å². The number of hydrogen-bond acceptors (Lipinski definition) is 5. The molecule has 0 unspecified atom stereocenters. The van der Waals surface area contributed by atoms with Gasteiger partial charge in [0, 0.05) is 43.7 Å². The molecule has 0 aliphatic heterocycles. The van der Waals surface area contributed by atoms with E-state index in [-0.39, 0.29) is 5.88 Å². The summed E-state index contributed by atoms with van der Waals surface area (Å²) in [6.07, 6.45) is 3.76. The van der Waals surface area contributed by atoms with E-state index in [4.69, 9.17) is 27.9 Å². The monoisotopic (exact) mass is 382 g/mol. The van der Waals surface area contributed by atoms with Gasteiger partial charge in [-0.25, -0.2) is 9.78 Å². The highest BCUT2D eigenvalue weighted by Gasteiger charge is 2.14. The van der Waals surface area contributed by atoms with Gasteiger partial charge in [-0.2, -0.15) is 4.98 Å². The van der Waals surface area contributed by atoms with Crippen molar-refractivity contribution in [1.29, 1.82) is 0 Å². The van der Waals surface area contributed by atoms with E-state index >= 15 is 0 Å². The number of amides is 1. The summed E-state index contributed by atoms with van der Waals surface area (Å²) < 4.78 is 5.35. The Balaban J connectivity index is 2.12. The first-order chi connectivity index (χ1) is 11.9. The first-order valence-electron chi connectivity index (χ1n) is 8.03. The Morgan fingerprint density at radius 1 is 1.12 bits per heavy atom. The number of carbonyl (C=O) groups is 1. The molecule has 0 N–H and O–H groups in total. The molecule has 0 saturated heterocycles. The van der Waals surface area contributed by atoms with Crippen LogP contribution in [-0.2, 0) is 12.8 Å². The average molecular weight is 383 g/mol. The molecule has 2 rings (SSSR count). The maximum Gasteiger partial charge on any atom is 0.416 e. The van der Waals surface area contributed by atoms with Crippen LogP contribution in [-0.4, -0.2) is 39.0 Å². The number of nitrogens with zero attached hydrogens (tertiary/aromatic N) is 4. The zero-order valence-corrected chi connectivity index (χ0v) is 15.9. The van der Waals surface area contributed by atoms with Crippen LogP contribution in [0.25, 0.3) is 0 Å². The number of halogens is 2. The van der Waals surface area contributed by atoms with Crippen molar-refractivity contribution in [2.45, 2.75) is 33.6 Å². The number of aryl methyl sites for hydroxylation is 2. The second kappa shape index (κ2) is 8.97. The molecule has 0 aromatic carbocycles. The van der Waals surface area contributed by atoms with E-state index in [1.165, 1.54) is 0 Å². The molecule has 2 aromatic rings. The minimum atomic E-state index is -0.422. The van der Waals surface area contributed by atoms with Crippen molar-refractivity contribution in [3.8, 4) is 5.88 Å². The van der Waals surface area contributed by atoms with Gasteiger partial charge in [-0.05, 0) is 32.8 Å². The van der Waals surface area contributed by atoms with Crippen LogP contribution < -0.4 is 4.74 Å². The summed E-state index contributed by atoms with van der Waals surface area (Å²) in [5.74, 6) is 0.803. The summed E-state index contributed by atoms with van der Waals surface area (Å²) in [5.41, 5.74) is 1.52. The highest BCUT2D eigenvalue weighted by atomic mass is 35.5. The summed E-state index contributed by atoms with van der Waals surface area (Å²) >= 11 is 12.3. The number of carbonyl (C=O) groups excluding carboxylic acids is 1. The molecule has 25 heavy (non-hydrogen) atoms. The number of pyridine rings is 1. The third-order valence-corrected chi connectivity index (χ3v) is 4.29. The van der Waals surface area contributed by atoms with E-state index in [1.54, 1.807) is 23.4 Å². The predicted octanol–water partition coefficient (Wildman–Crippen LogP) is 4.11. The molecule has 0 spiro atoms. The minimum Gasteiger partial charge on any atom is -0.391 e. The van der Waals surface area contributed by atoms with Gasteiger partial charge in [0.1, 0.15) is 5.82 Å². The van der Waals surface area contributed by atoms with Crippen LogP contribution in [0.3, 0.4) is 0 Å². The summed E-state index contributed by atoms with van der Waals surface area (Å²) in [7, 11) is 0. The first kappa shape index (κ1) is 19.4. The summed E-state index contributed by atoms with van der Waals surface area (Å²) in [5, 5.41) is 1.02. The zero-order valence-electron chi connectivity index (χ0n) is 14.4. The number of rotatable bonds is 6. The standard InChI is InChI=1S/C17H20Cl2N4O2/c1-4-23(5-2)17(24)25-16-8-11(3)21-15(22-16)7-6-12-13(18)9-20-10-14(12)19/h8-10H,4-7H2,1-3H3. The Kier molecular flexibility index (Phi) is 6.96. The van der Waals surface area contributed by atoms with Crippen molar-refractivity contribution in [1.82, 2.24) is 19.9 Å². The summed E-state index contributed by atoms with van der Waals surface area (Å²) in [6, 6.07) is 1.64. The molecule has 6 nitrogen and oxygen atoms in total. The highest BCUT2D eigenvalue weighted by Crippen LogP contribution is 2.24. The van der Waals surface area contributed by atoms with Gasteiger partial charge in [0.25, 0.3) is 0 Å². The van der Waals surface area contributed by atoms with Crippen molar-refractivity contribution in [3.05, 3.63) is 45.6 Å². The summed E-state index contributed by atoms with van der Waals surface area (Å²) in [4.78, 5) is 26.3. The van der Waals surface area contributed by atoms with Crippen molar-refractivity contribution in [3.63, 3.8) is 0 Å². The largest absolute Gasteiger partial charge is 0.416 e. The Morgan fingerprint density at radius 3 is 2.36 bits per heavy atom. The lowest BCUT2D eigenvalue weighted by Gasteiger charge is -2.17. The van der Waals surface area contributed by atoms with Crippen LogP contribution in [0.15, 0.2) is 18.5 Å². The van der Waals surface area contributed by atoms with Crippen LogP contribution in [0.1, 0.15) is 30.9 Å². The predicted molar refractivity (Wildman–Crippen MR) is 97.4 cm³/mol. The second-order valence-electron chi connectivity index (χ2n) is 5.39. The van der Waals surface area contributed by atoms with Crippen molar-refractivity contribution < 1.29 is 9.53 Å². The van der Waals surface area contributed by atoms with Crippen molar-refractivity contribution >= 4 is 29.3 Å². The molecule has 0 radical (unpaired) electrons. The topological polar surface area (TPSA) is 68.2 Å². The van der Waals surface area contributed by atoms with Gasteiger partial charge in [-0.1, -0.05) is 23.2 Å². The molecule has 1 amide bonds. The number of hydrogen-bond donors (Lipinski definition) is 0. The van der Waals surface area contributed by atoms with Gasteiger partial charge in [-0.3, -0.25) is 4.98 Å². The molecule has 0 atom stereocenters. The van der Waals surface area contributed by atoms with E-state index in [9.17, 15) is 4.79 Å². The fourth-order valence-electron chi connectivity index (χ4n) is 2.31. The normalized spacial score (nSPS) is 10.6. The van der Waals surface area contributed by atoms with Crippen LogP contribution in [0, 0.1) is 6.92 Å². The quantitative estimate of drug-likeness (QED) is 0.751. The van der Waals surface area contributed by atoms with E-state index < -0.39 is 6.09 Å². The average Bonchev–Trinajstić information content (AvgIpc) is 2.55. The van der Waals surface area contributed by atoms with Crippen molar-refractivity contribution in [2.75, 3.05) is 13.1 Å². The second-order valence-corrected chi connectivity index (χ2v) is 6.20. The maximum absolute atomic E-state index is 12.1. The van der Waals surface area contributed by atoms with Gasteiger partial charge < -0.3 is 9.64 Å². The van der Waals surface area contributed by atoms with Gasteiger partial charge >= 0.3 is 6.09 Å². The molecule has 0 fully saturated rings. The Morgan fingerprint density at radius 2 is 1.76 bits per heavy atom. The molecule has 8 heteroatoms. The fraction of sp³-hybridized carbons (Fsp3) is 0.412. The van der Waals surface area contributed by atoms with Crippen LogP contribution in [0.5, 0.6) is 5.88 Å². The lowest BCUT2D eigenvalue weighted by Crippen LogP contribution is -2.33. The summed E-state index contributed by atoms with van der Waals surface area (Å²) in [6.45, 7) is 6.76. The molecular formula is C17H20Cl2N4O2. The Hall–Kier alpha value is -1.92. The minimum absolute atomic E-state index is 0.242. The van der Waals surface area contributed by atoms with Crippen molar-refractivity contribution in [2.24, 2.45) is 0 Å². The molecule has 134 valence electrons. The zero-order chi connectivity index (χ0) is 18.4. The molecule has 0 aliphatic carbocycles. The molecule has 2 heterocycles. The highest BCUT2D eigenvalue weighted by molar-refractivity contribution is 6.35. The van der Waals surface area contributed by atoms with E-state index in [1.807, 2.05) is 20.8 Å². The molecule has 0 aliphatic rings. The first-order valence-corrected chi connectivity index (χ1v) is 8.79. The SMILES string of the molecule is CCN(CC)C(=O)Oc1cc(C)nc(CCc2c(Cl)cncc2Cl)n1. The third-order valence-electron chi connectivity index (χ3n) is 3.64. The van der Waals surface area contributed by atoms with Gasteiger partial charge in [0.15, 0.2) is 0 Å². The maximum atomic E-state index is 12.1. The van der Waals surface area contributed by atoms with E-state index in [0.29, 0.717) is 41.8 Å². The van der Waals surface area contributed by atoms with E-state index in [0.717, 1.165) is 11.3 Å². The lowest BCUT2D eigenvalue weighted by molar-refractivity contribution is 0.155. The lowest BCUT2D eigenvalue weighted by atomic mass is 10.1. The molecule has 0 bridgehead atoms. The Bertz CT molecular complexity index is 731. The molecule has 2 aromatic heterocycles. The van der Waals surface area contributed by atoms with Gasteiger partial charge in [0.2, 0.25) is 5.88 Å². The smallest absolute Gasteiger partial charge is 0.391 e. The number of ether oxygens (including phenoxy) is 1. The van der Waals surface area contributed by atoms with Crippen LogP contribution in [0.2, 0.25) is 10.0 Å². The fourth-order valence-corrected chi connectivity index (χ4v) is 2.87. The molecule has 0 saturated carbocycles. The van der Waals surface area contributed by atoms with Crippen LogP contribution in [0.4, 0.5) is 4.79 Å². The van der Waals surface area contributed by atoms with Gasteiger partial charge in [-0.15, -0.1) is 0 Å². The van der Waals surface area contributed by atoms with Crippen LogP contribution >= 0.6 is 23.2 Å².